The van der Waals surface area contributed by atoms with Crippen molar-refractivity contribution < 1.29 is 64.3 Å². The maximum atomic E-state index is 12.1. The molecule has 0 saturated carbocycles. The van der Waals surface area contributed by atoms with Crippen LogP contribution in [0.25, 0.3) is 6.08 Å². The highest BCUT2D eigenvalue weighted by Crippen LogP contribution is 2.27. The van der Waals surface area contributed by atoms with Crippen molar-refractivity contribution in [3.63, 3.8) is 0 Å². The Hall–Kier alpha value is -2.62. The summed E-state index contributed by atoms with van der Waals surface area (Å²) in [5, 5.41) is 68.2. The Balaban J connectivity index is 1.86. The summed E-state index contributed by atoms with van der Waals surface area (Å²) in [4.78, 5) is 22.5. The van der Waals surface area contributed by atoms with Crippen LogP contribution < -0.4 is 4.74 Å². The average molecular weight is 488 g/mol. The Kier molecular flexibility index (Phi) is 10.3. The molecule has 0 spiro atoms. The third-order valence-electron chi connectivity index (χ3n) is 4.98. The first-order valence-electron chi connectivity index (χ1n) is 10.1. The molecule has 1 aliphatic rings. The lowest BCUT2D eigenvalue weighted by Crippen LogP contribution is -2.56. The number of esters is 1. The number of phenols is 1. The average Bonchev–Trinajstić information content (AvgIpc) is 2.84. The minimum Gasteiger partial charge on any atom is -0.504 e. The minimum absolute atomic E-state index is 0.0238. The third-order valence-corrected chi connectivity index (χ3v) is 4.98. The minimum atomic E-state index is -1.97. The van der Waals surface area contributed by atoms with E-state index in [9.17, 15) is 45.3 Å². The highest BCUT2D eigenvalue weighted by atomic mass is 16.7. The maximum absolute atomic E-state index is 12.1. The predicted octanol–water partition coefficient (Wildman–Crippen LogP) is -2.94. The van der Waals surface area contributed by atoms with Crippen LogP contribution in [0.4, 0.5) is 0 Å². The first-order valence-corrected chi connectivity index (χ1v) is 10.1. The summed E-state index contributed by atoms with van der Waals surface area (Å²) in [5.41, 5.74) is 0.520. The number of hydrogen-bond donors (Lipinski definition) is 7. The number of benzene rings is 1. The number of aliphatic hydroxyl groups is 6. The summed E-state index contributed by atoms with van der Waals surface area (Å²) in [6.07, 6.45) is -11.2. The van der Waals surface area contributed by atoms with Crippen LogP contribution in [-0.4, -0.2) is 117 Å². The molecule has 1 fully saturated rings. The van der Waals surface area contributed by atoms with Crippen molar-refractivity contribution in [2.24, 2.45) is 0 Å². The van der Waals surface area contributed by atoms with Crippen LogP contribution in [0, 0.1) is 0 Å². The van der Waals surface area contributed by atoms with E-state index >= 15 is 0 Å². The van der Waals surface area contributed by atoms with Crippen molar-refractivity contribution in [3.05, 3.63) is 29.8 Å². The smallest absolute Gasteiger partial charge is 0.331 e. The number of aldehydes is 1. The van der Waals surface area contributed by atoms with Crippen LogP contribution in [0.1, 0.15) is 5.56 Å². The molecule has 0 bridgehead atoms. The Bertz CT molecular complexity index is 844. The Labute approximate surface area is 194 Å². The first-order chi connectivity index (χ1) is 16.1. The third kappa shape index (κ3) is 7.19. The fourth-order valence-electron chi connectivity index (χ4n) is 2.97. The molecule has 1 aromatic rings. The van der Waals surface area contributed by atoms with Gasteiger partial charge in [0.05, 0.1) is 20.3 Å². The van der Waals surface area contributed by atoms with Crippen LogP contribution in [0.15, 0.2) is 24.3 Å². The molecule has 1 saturated heterocycles. The molecule has 13 nitrogen and oxygen atoms in total. The van der Waals surface area contributed by atoms with Gasteiger partial charge in [-0.2, -0.15) is 0 Å². The molecular formula is C21H28O13. The van der Waals surface area contributed by atoms with Crippen LogP contribution in [0.5, 0.6) is 11.5 Å². The number of rotatable bonds is 11. The van der Waals surface area contributed by atoms with Gasteiger partial charge in [0.15, 0.2) is 30.2 Å². The molecule has 0 radical (unpaired) electrons. The molecule has 1 heterocycles. The zero-order chi connectivity index (χ0) is 25.4. The molecule has 2 rings (SSSR count). The molecule has 13 heteroatoms. The van der Waals surface area contributed by atoms with Gasteiger partial charge < -0.3 is 59.5 Å². The summed E-state index contributed by atoms with van der Waals surface area (Å²) >= 11 is 0. The van der Waals surface area contributed by atoms with Gasteiger partial charge in [-0.25, -0.2) is 4.79 Å². The normalized spacial score (nSPS) is 26.4. The van der Waals surface area contributed by atoms with Crippen LogP contribution in [-0.2, 0) is 23.8 Å². The second-order valence-corrected chi connectivity index (χ2v) is 7.43. The summed E-state index contributed by atoms with van der Waals surface area (Å²) in [7, 11) is 1.37. The van der Waals surface area contributed by atoms with Crippen molar-refractivity contribution >= 4 is 18.3 Å². The van der Waals surface area contributed by atoms with E-state index in [4.69, 9.17) is 18.9 Å². The summed E-state index contributed by atoms with van der Waals surface area (Å²) in [6, 6.07) is 4.38. The van der Waals surface area contributed by atoms with Crippen molar-refractivity contribution in [2.75, 3.05) is 20.3 Å². The number of carbonyl (C=O) groups excluding carboxylic acids is 2. The monoisotopic (exact) mass is 488 g/mol. The Morgan fingerprint density at radius 2 is 1.88 bits per heavy atom. The molecule has 190 valence electrons. The second-order valence-electron chi connectivity index (χ2n) is 7.43. The number of ether oxygens (including phenoxy) is 4. The topological polar surface area (TPSA) is 213 Å². The lowest BCUT2D eigenvalue weighted by Gasteiger charge is -2.37. The lowest BCUT2D eigenvalue weighted by molar-refractivity contribution is -0.279. The van der Waals surface area contributed by atoms with Gasteiger partial charge in [-0.15, -0.1) is 0 Å². The van der Waals surface area contributed by atoms with E-state index in [0.29, 0.717) is 5.56 Å². The molecule has 7 N–H and O–H groups in total. The van der Waals surface area contributed by atoms with Crippen molar-refractivity contribution in [1.29, 1.82) is 0 Å². The molecular weight excluding hydrogens is 460 g/mol. The molecule has 8 atom stereocenters. The summed E-state index contributed by atoms with van der Waals surface area (Å²) in [6.45, 7) is -1.07. The van der Waals surface area contributed by atoms with Gasteiger partial charge in [-0.1, -0.05) is 6.07 Å². The lowest BCUT2D eigenvalue weighted by atomic mass is 10.0. The number of aliphatic hydroxyl groups excluding tert-OH is 6. The van der Waals surface area contributed by atoms with Crippen LogP contribution in [0.2, 0.25) is 0 Å². The number of phenolic OH excluding ortho intramolecular Hbond substituents is 1. The first kappa shape index (κ1) is 27.6. The fourth-order valence-corrected chi connectivity index (χ4v) is 2.97. The zero-order valence-electron chi connectivity index (χ0n) is 18.1. The maximum Gasteiger partial charge on any atom is 0.331 e. The van der Waals surface area contributed by atoms with Gasteiger partial charge in [0.2, 0.25) is 0 Å². The van der Waals surface area contributed by atoms with Gasteiger partial charge in [-0.05, 0) is 23.8 Å². The molecule has 1 aliphatic heterocycles. The zero-order valence-corrected chi connectivity index (χ0v) is 18.1. The van der Waals surface area contributed by atoms with Gasteiger partial charge in [0.1, 0.15) is 36.6 Å². The molecule has 0 amide bonds. The van der Waals surface area contributed by atoms with E-state index in [1.807, 2.05) is 0 Å². The van der Waals surface area contributed by atoms with Gasteiger partial charge in [0, 0.05) is 6.08 Å². The Morgan fingerprint density at radius 1 is 1.18 bits per heavy atom. The largest absolute Gasteiger partial charge is 0.504 e. The number of aromatic hydroxyl groups is 1. The SMILES string of the molecule is COc1cc(/C=C/C(=O)O[C@@H]2CO[C@H](OC[C@@H](O)[C@@H](O)[C@H](O)[C@@H](O)C=O)[C@H](O)[C@H]2O)ccc1O. The van der Waals surface area contributed by atoms with E-state index in [1.165, 1.54) is 31.4 Å². The van der Waals surface area contributed by atoms with Gasteiger partial charge >= 0.3 is 5.97 Å². The molecule has 34 heavy (non-hydrogen) atoms. The highest BCUT2D eigenvalue weighted by molar-refractivity contribution is 5.87. The molecule has 1 aromatic carbocycles. The van der Waals surface area contributed by atoms with E-state index in [1.54, 1.807) is 0 Å². The van der Waals surface area contributed by atoms with Crippen LogP contribution in [0.3, 0.4) is 0 Å². The number of hydrogen-bond acceptors (Lipinski definition) is 13. The van der Waals surface area contributed by atoms with E-state index in [2.05, 4.69) is 0 Å². The standard InChI is InChI=1S/C21H28O13/c1-31-14-6-10(2-4-11(14)23)3-5-16(26)34-15-9-33-21(20(30)19(15)29)32-8-13(25)18(28)17(27)12(24)7-22/h2-7,12-13,15,17-21,23-25,27-30H,8-9H2,1H3/b5-3+/t12-,13+,15+,17+,18+,19-,20+,21-/m0/s1. The number of carbonyl (C=O) groups is 2. The molecule has 0 aromatic heterocycles. The van der Waals surface area contributed by atoms with E-state index in [-0.39, 0.29) is 24.4 Å². The fraction of sp³-hybridized carbons (Fsp3) is 0.524. The van der Waals surface area contributed by atoms with Crippen molar-refractivity contribution in [1.82, 2.24) is 0 Å². The van der Waals surface area contributed by atoms with Crippen LogP contribution >= 0.6 is 0 Å². The second kappa shape index (κ2) is 12.7. The summed E-state index contributed by atoms with van der Waals surface area (Å²) < 4.78 is 20.3. The van der Waals surface area contributed by atoms with E-state index < -0.39 is 61.6 Å². The highest BCUT2D eigenvalue weighted by Gasteiger charge is 2.41. The number of methoxy groups -OCH3 is 1. The van der Waals surface area contributed by atoms with Crippen molar-refractivity contribution in [3.8, 4) is 11.5 Å². The molecule has 0 aliphatic carbocycles. The Morgan fingerprint density at radius 3 is 2.53 bits per heavy atom. The van der Waals surface area contributed by atoms with Crippen molar-refractivity contribution in [2.45, 2.75) is 49.0 Å². The quantitative estimate of drug-likeness (QED) is 0.0945. The summed E-state index contributed by atoms with van der Waals surface area (Å²) in [5.74, 6) is -0.729. The van der Waals surface area contributed by atoms with Gasteiger partial charge in [0.25, 0.3) is 0 Å². The predicted molar refractivity (Wildman–Crippen MR) is 111 cm³/mol. The van der Waals surface area contributed by atoms with Gasteiger partial charge in [-0.3, -0.25) is 0 Å². The molecule has 0 unspecified atom stereocenters. The van der Waals surface area contributed by atoms with E-state index in [0.717, 1.165) is 6.08 Å².